The first kappa shape index (κ1) is 21.1. The van der Waals surface area contributed by atoms with Gasteiger partial charge in [-0.05, 0) is 36.1 Å². The average molecular weight is 423 g/mol. The van der Waals surface area contributed by atoms with Crippen LogP contribution in [0.25, 0.3) is 10.9 Å². The van der Waals surface area contributed by atoms with Gasteiger partial charge < -0.3 is 20.7 Å². The number of hydrogen-bond acceptors (Lipinski definition) is 3. The highest BCUT2D eigenvalue weighted by atomic mass is 19.1. The largest absolute Gasteiger partial charge is 0.391 e. The number of halogens is 1. The van der Waals surface area contributed by atoms with Crippen molar-refractivity contribution in [2.24, 2.45) is 5.73 Å². The van der Waals surface area contributed by atoms with Crippen molar-refractivity contribution in [3.05, 3.63) is 71.2 Å². The third-order valence-corrected chi connectivity index (χ3v) is 5.90. The van der Waals surface area contributed by atoms with Crippen LogP contribution in [0, 0.1) is 5.82 Å². The number of hydrogen-bond donors (Lipinski definition) is 3. The molecule has 6 nitrogen and oxygen atoms in total. The van der Waals surface area contributed by atoms with Gasteiger partial charge in [0.05, 0.1) is 29.6 Å². The second kappa shape index (κ2) is 8.89. The number of amides is 2. The van der Waals surface area contributed by atoms with Crippen LogP contribution in [-0.2, 0) is 17.8 Å². The first-order valence-corrected chi connectivity index (χ1v) is 10.5. The second-order valence-electron chi connectivity index (χ2n) is 8.20. The van der Waals surface area contributed by atoms with Gasteiger partial charge in [0.25, 0.3) is 5.91 Å². The van der Waals surface area contributed by atoms with Crippen LogP contribution >= 0.6 is 0 Å². The van der Waals surface area contributed by atoms with E-state index in [1.54, 1.807) is 18.3 Å². The molecule has 1 aromatic heterocycles. The van der Waals surface area contributed by atoms with E-state index in [4.69, 9.17) is 5.73 Å². The Kier molecular flexibility index (Phi) is 6.04. The molecule has 31 heavy (non-hydrogen) atoms. The van der Waals surface area contributed by atoms with Gasteiger partial charge in [0, 0.05) is 18.1 Å². The molecule has 0 saturated heterocycles. The number of carbonyl (C=O) groups is 2. The van der Waals surface area contributed by atoms with E-state index in [2.05, 4.69) is 5.32 Å². The average Bonchev–Trinajstić information content (AvgIpc) is 3.11. The smallest absolute Gasteiger partial charge is 0.253 e. The summed E-state index contributed by atoms with van der Waals surface area (Å²) < 4.78 is 16.5. The van der Waals surface area contributed by atoms with Crippen LogP contribution in [0.5, 0.6) is 0 Å². The van der Waals surface area contributed by atoms with E-state index in [1.807, 2.05) is 28.8 Å². The molecule has 1 aliphatic rings. The lowest BCUT2D eigenvalue weighted by molar-refractivity contribution is -0.117. The molecule has 3 aromatic rings. The molecule has 2 aromatic carbocycles. The quantitative estimate of drug-likeness (QED) is 0.569. The fourth-order valence-corrected chi connectivity index (χ4v) is 4.30. The molecule has 1 heterocycles. The monoisotopic (exact) mass is 423 g/mol. The van der Waals surface area contributed by atoms with E-state index >= 15 is 0 Å². The van der Waals surface area contributed by atoms with Gasteiger partial charge in [0.15, 0.2) is 0 Å². The topological polar surface area (TPSA) is 97.4 Å². The summed E-state index contributed by atoms with van der Waals surface area (Å²) >= 11 is 0. The number of primary amides is 1. The highest BCUT2D eigenvalue weighted by Gasteiger charge is 2.27. The van der Waals surface area contributed by atoms with Crippen LogP contribution in [0.15, 0.2) is 48.7 Å². The van der Waals surface area contributed by atoms with E-state index in [9.17, 15) is 19.1 Å². The van der Waals surface area contributed by atoms with Crippen molar-refractivity contribution in [1.29, 1.82) is 0 Å². The molecule has 4 N–H and O–H groups in total. The van der Waals surface area contributed by atoms with Gasteiger partial charge in [0.2, 0.25) is 5.91 Å². The van der Waals surface area contributed by atoms with E-state index in [-0.39, 0.29) is 29.3 Å². The SMILES string of the molecule is NC(=O)Cc1ccc(Cn2cc(C(=O)NC3CCCCC3O)c3c(F)cccc32)cc1. The van der Waals surface area contributed by atoms with Gasteiger partial charge in [0.1, 0.15) is 5.82 Å². The predicted octanol–water partition coefficient (Wildman–Crippen LogP) is 2.89. The van der Waals surface area contributed by atoms with Crippen molar-refractivity contribution < 1.29 is 19.1 Å². The van der Waals surface area contributed by atoms with Crippen molar-refractivity contribution in [3.63, 3.8) is 0 Å². The molecule has 2 amide bonds. The Bertz CT molecular complexity index is 1110. The maximum absolute atomic E-state index is 14.7. The highest BCUT2D eigenvalue weighted by Crippen LogP contribution is 2.26. The zero-order valence-corrected chi connectivity index (χ0v) is 17.2. The zero-order valence-electron chi connectivity index (χ0n) is 17.2. The summed E-state index contributed by atoms with van der Waals surface area (Å²) in [7, 11) is 0. The first-order chi connectivity index (χ1) is 14.9. The molecule has 1 saturated carbocycles. The maximum Gasteiger partial charge on any atom is 0.253 e. The summed E-state index contributed by atoms with van der Waals surface area (Å²) in [4.78, 5) is 24.1. The first-order valence-electron chi connectivity index (χ1n) is 10.5. The van der Waals surface area contributed by atoms with Crippen molar-refractivity contribution >= 4 is 22.7 Å². The summed E-state index contributed by atoms with van der Waals surface area (Å²) in [5.41, 5.74) is 7.89. The number of nitrogens with zero attached hydrogens (tertiary/aromatic N) is 1. The van der Waals surface area contributed by atoms with E-state index in [1.165, 1.54) is 6.07 Å². The van der Waals surface area contributed by atoms with Crippen LogP contribution < -0.4 is 11.1 Å². The Morgan fingerprint density at radius 1 is 1.10 bits per heavy atom. The number of nitrogens with two attached hydrogens (primary N) is 1. The minimum absolute atomic E-state index is 0.176. The number of fused-ring (bicyclic) bond motifs is 1. The fourth-order valence-electron chi connectivity index (χ4n) is 4.30. The van der Waals surface area contributed by atoms with Gasteiger partial charge in [-0.15, -0.1) is 0 Å². The maximum atomic E-state index is 14.7. The Hall–Kier alpha value is -3.19. The number of rotatable bonds is 6. The number of aromatic nitrogens is 1. The van der Waals surface area contributed by atoms with Crippen LogP contribution in [0.4, 0.5) is 4.39 Å². The zero-order chi connectivity index (χ0) is 22.0. The Morgan fingerprint density at radius 2 is 1.81 bits per heavy atom. The molecule has 0 bridgehead atoms. The summed E-state index contributed by atoms with van der Waals surface area (Å²) in [6.45, 7) is 0.441. The number of benzene rings is 2. The van der Waals surface area contributed by atoms with E-state index in [0.29, 0.717) is 24.9 Å². The van der Waals surface area contributed by atoms with Gasteiger partial charge in [-0.3, -0.25) is 9.59 Å². The van der Waals surface area contributed by atoms with Crippen molar-refractivity contribution in [3.8, 4) is 0 Å². The molecular formula is C24H26FN3O3. The molecule has 0 radical (unpaired) electrons. The standard InChI is InChI=1S/C24H26FN3O3/c25-18-4-3-6-20-23(18)17(24(31)27-19-5-1-2-7-21(19)29)14-28(20)13-16-10-8-15(9-11-16)12-22(26)30/h3-4,6,8-11,14,19,21,29H,1-2,5,7,12-13H2,(H2,26,30)(H,27,31). The number of aliphatic hydroxyl groups excluding tert-OH is 1. The molecule has 4 rings (SSSR count). The molecule has 1 aliphatic carbocycles. The molecule has 162 valence electrons. The fraction of sp³-hybridized carbons (Fsp3) is 0.333. The third-order valence-electron chi connectivity index (χ3n) is 5.90. The Morgan fingerprint density at radius 3 is 2.52 bits per heavy atom. The summed E-state index contributed by atoms with van der Waals surface area (Å²) in [6, 6.07) is 11.9. The molecule has 7 heteroatoms. The minimum atomic E-state index is -0.574. The molecular weight excluding hydrogens is 397 g/mol. The molecule has 0 aliphatic heterocycles. The van der Waals surface area contributed by atoms with Gasteiger partial charge >= 0.3 is 0 Å². The van der Waals surface area contributed by atoms with Crippen molar-refractivity contribution in [2.45, 2.75) is 50.8 Å². The van der Waals surface area contributed by atoms with Crippen LogP contribution in [0.2, 0.25) is 0 Å². The van der Waals surface area contributed by atoms with Crippen LogP contribution in [0.1, 0.15) is 47.2 Å². The van der Waals surface area contributed by atoms with Gasteiger partial charge in [-0.1, -0.05) is 43.2 Å². The lowest BCUT2D eigenvalue weighted by Gasteiger charge is -2.28. The third kappa shape index (κ3) is 4.61. The summed E-state index contributed by atoms with van der Waals surface area (Å²) in [5.74, 6) is -1.22. The van der Waals surface area contributed by atoms with Gasteiger partial charge in [-0.25, -0.2) is 4.39 Å². The Balaban J connectivity index is 1.62. The minimum Gasteiger partial charge on any atom is -0.391 e. The van der Waals surface area contributed by atoms with Crippen LogP contribution in [-0.4, -0.2) is 33.6 Å². The van der Waals surface area contributed by atoms with Crippen LogP contribution in [0.3, 0.4) is 0 Å². The number of carbonyl (C=O) groups excluding carboxylic acids is 2. The van der Waals surface area contributed by atoms with E-state index in [0.717, 1.165) is 24.0 Å². The molecule has 2 atom stereocenters. The van der Waals surface area contributed by atoms with Gasteiger partial charge in [-0.2, -0.15) is 0 Å². The normalized spacial score (nSPS) is 18.8. The number of nitrogens with one attached hydrogen (secondary N) is 1. The molecule has 2 unspecified atom stereocenters. The predicted molar refractivity (Wildman–Crippen MR) is 116 cm³/mol. The van der Waals surface area contributed by atoms with Crippen molar-refractivity contribution in [1.82, 2.24) is 9.88 Å². The molecule has 1 fully saturated rings. The summed E-state index contributed by atoms with van der Waals surface area (Å²) in [6.07, 6.45) is 4.53. The Labute approximate surface area is 179 Å². The second-order valence-corrected chi connectivity index (χ2v) is 8.20. The van der Waals surface area contributed by atoms with E-state index < -0.39 is 17.8 Å². The highest BCUT2D eigenvalue weighted by molar-refractivity contribution is 6.07. The summed E-state index contributed by atoms with van der Waals surface area (Å²) in [5, 5.41) is 13.4. The number of aliphatic hydroxyl groups is 1. The lowest BCUT2D eigenvalue weighted by Crippen LogP contribution is -2.45. The molecule has 0 spiro atoms. The lowest BCUT2D eigenvalue weighted by atomic mass is 9.92. The van der Waals surface area contributed by atoms with Crippen molar-refractivity contribution in [2.75, 3.05) is 0 Å².